The summed E-state index contributed by atoms with van der Waals surface area (Å²) in [5, 5.41) is 11.6. The fraction of sp³-hybridized carbons (Fsp3) is 0. The molecule has 0 amide bonds. The van der Waals surface area contributed by atoms with Crippen LogP contribution in [0.25, 0.3) is 0 Å². The lowest BCUT2D eigenvalue weighted by molar-refractivity contribution is -0.360. The van der Waals surface area contributed by atoms with Crippen LogP contribution in [-0.4, -0.2) is 11.0 Å². The van der Waals surface area contributed by atoms with Crippen LogP contribution in [0.1, 0.15) is 5.56 Å². The van der Waals surface area contributed by atoms with Crippen LogP contribution in [0.5, 0.6) is 0 Å². The van der Waals surface area contributed by atoms with E-state index in [1.807, 2.05) is 0 Å². The van der Waals surface area contributed by atoms with Crippen LogP contribution in [0.3, 0.4) is 0 Å². The highest BCUT2D eigenvalue weighted by molar-refractivity contribution is 5.76. The molecule has 4 heteroatoms. The molecule has 0 atom stereocenters. The third-order valence-electron chi connectivity index (χ3n) is 2.22. The van der Waals surface area contributed by atoms with E-state index in [0.717, 1.165) is 18.3 Å². The molecule has 0 saturated heterocycles. The highest BCUT2D eigenvalue weighted by Crippen LogP contribution is 2.20. The van der Waals surface area contributed by atoms with E-state index < -0.39 is 17.3 Å². The molecule has 2 rings (SSSR count). The van der Waals surface area contributed by atoms with Gasteiger partial charge in [0.15, 0.2) is 17.8 Å². The third kappa shape index (κ3) is 2.47. The predicted molar refractivity (Wildman–Crippen MR) is 61.3 cm³/mol. The Bertz CT molecular complexity index is 532. The molecule has 0 bridgehead atoms. The standard InChI is InChI=1S/C13H9F2NO/c14-11-7-4-8-12(15)13(11)16(17)9-10-5-2-1-3-6-10/h1-9H. The first-order chi connectivity index (χ1) is 8.18. The number of nitrogens with zero attached hydrogens (tertiary/aromatic N) is 1. The lowest BCUT2D eigenvalue weighted by Gasteiger charge is -2.04. The maximum Gasteiger partial charge on any atom is 0.288 e. The maximum atomic E-state index is 13.3. The molecule has 86 valence electrons. The summed E-state index contributed by atoms with van der Waals surface area (Å²) in [4.78, 5) is 0. The van der Waals surface area contributed by atoms with E-state index >= 15 is 0 Å². The fourth-order valence-corrected chi connectivity index (χ4v) is 1.44. The summed E-state index contributed by atoms with van der Waals surface area (Å²) in [6.07, 6.45) is 1.13. The zero-order valence-corrected chi connectivity index (χ0v) is 8.81. The smallest absolute Gasteiger partial charge is 0.288 e. The minimum absolute atomic E-state index is 0.194. The maximum absolute atomic E-state index is 13.3. The van der Waals surface area contributed by atoms with Gasteiger partial charge in [0, 0.05) is 5.56 Å². The molecule has 0 aromatic heterocycles. The fourth-order valence-electron chi connectivity index (χ4n) is 1.44. The quantitative estimate of drug-likeness (QED) is 0.338. The van der Waals surface area contributed by atoms with E-state index in [1.54, 1.807) is 30.3 Å². The van der Waals surface area contributed by atoms with Crippen molar-refractivity contribution in [3.05, 3.63) is 70.9 Å². The average Bonchev–Trinajstić information content (AvgIpc) is 2.30. The van der Waals surface area contributed by atoms with Crippen molar-refractivity contribution in [1.82, 2.24) is 0 Å². The number of hydrogen-bond acceptors (Lipinski definition) is 1. The van der Waals surface area contributed by atoms with Crippen LogP contribution < -0.4 is 0 Å². The highest BCUT2D eigenvalue weighted by Gasteiger charge is 2.16. The summed E-state index contributed by atoms with van der Waals surface area (Å²) in [5.74, 6) is -1.76. The predicted octanol–water partition coefficient (Wildman–Crippen LogP) is 3.23. The van der Waals surface area contributed by atoms with Gasteiger partial charge in [-0.2, -0.15) is 13.5 Å². The second-order valence-electron chi connectivity index (χ2n) is 3.44. The number of para-hydroxylation sites is 1. The highest BCUT2D eigenvalue weighted by atomic mass is 19.1. The van der Waals surface area contributed by atoms with E-state index in [4.69, 9.17) is 0 Å². The second-order valence-corrected chi connectivity index (χ2v) is 3.44. The van der Waals surface area contributed by atoms with Gasteiger partial charge in [-0.3, -0.25) is 0 Å². The summed E-state index contributed by atoms with van der Waals surface area (Å²) < 4.78 is 26.8. The van der Waals surface area contributed by atoms with Gasteiger partial charge >= 0.3 is 0 Å². The zero-order chi connectivity index (χ0) is 12.3. The van der Waals surface area contributed by atoms with Crippen LogP contribution in [-0.2, 0) is 0 Å². The van der Waals surface area contributed by atoms with Crippen molar-refractivity contribution in [2.24, 2.45) is 0 Å². The van der Waals surface area contributed by atoms with Crippen molar-refractivity contribution in [3.8, 4) is 0 Å². The lowest BCUT2D eigenvalue weighted by Crippen LogP contribution is -2.03. The Labute approximate surface area is 97.0 Å². The number of hydrogen-bond donors (Lipinski definition) is 0. The number of halogens is 2. The molecule has 0 aliphatic rings. The van der Waals surface area contributed by atoms with Gasteiger partial charge in [-0.25, -0.2) is 0 Å². The van der Waals surface area contributed by atoms with Gasteiger partial charge in [0.25, 0.3) is 5.69 Å². The van der Waals surface area contributed by atoms with Crippen molar-refractivity contribution in [3.63, 3.8) is 0 Å². The van der Waals surface area contributed by atoms with E-state index in [0.29, 0.717) is 5.56 Å². The Morgan fingerprint density at radius 1 is 0.882 bits per heavy atom. The minimum atomic E-state index is -0.882. The number of benzene rings is 2. The molecule has 0 unspecified atom stereocenters. The third-order valence-corrected chi connectivity index (χ3v) is 2.22. The molecular weight excluding hydrogens is 224 g/mol. The molecule has 0 aliphatic carbocycles. The molecule has 2 aromatic rings. The van der Waals surface area contributed by atoms with E-state index in [1.165, 1.54) is 6.07 Å². The molecule has 2 aromatic carbocycles. The van der Waals surface area contributed by atoms with Crippen molar-refractivity contribution in [2.75, 3.05) is 0 Å². The minimum Gasteiger partial charge on any atom is -0.618 e. The number of rotatable bonds is 2. The summed E-state index contributed by atoms with van der Waals surface area (Å²) in [5.41, 5.74) is -0.0264. The van der Waals surface area contributed by atoms with Gasteiger partial charge in [-0.05, 0) is 24.3 Å². The van der Waals surface area contributed by atoms with Crippen molar-refractivity contribution in [1.29, 1.82) is 0 Å². The van der Waals surface area contributed by atoms with Gasteiger partial charge in [0.2, 0.25) is 0 Å². The Morgan fingerprint density at radius 2 is 1.47 bits per heavy atom. The van der Waals surface area contributed by atoms with Crippen molar-refractivity contribution < 1.29 is 13.5 Å². The molecule has 17 heavy (non-hydrogen) atoms. The monoisotopic (exact) mass is 233 g/mol. The first-order valence-corrected chi connectivity index (χ1v) is 4.99. The second kappa shape index (κ2) is 4.74. The molecule has 2 nitrogen and oxygen atoms in total. The molecule has 0 fully saturated rings. The average molecular weight is 233 g/mol. The molecule has 0 heterocycles. The van der Waals surface area contributed by atoms with Gasteiger partial charge in [-0.1, -0.05) is 24.3 Å². The topological polar surface area (TPSA) is 26.1 Å². The summed E-state index contributed by atoms with van der Waals surface area (Å²) in [6, 6.07) is 11.9. The molecule has 0 radical (unpaired) electrons. The largest absolute Gasteiger partial charge is 0.618 e. The molecular formula is C13H9F2NO. The van der Waals surface area contributed by atoms with Crippen LogP contribution in [0.4, 0.5) is 14.5 Å². The van der Waals surface area contributed by atoms with E-state index in [2.05, 4.69) is 0 Å². The Hall–Kier alpha value is -2.23. The molecule has 0 N–H and O–H groups in total. The van der Waals surface area contributed by atoms with Gasteiger partial charge in [0.05, 0.1) is 0 Å². The summed E-state index contributed by atoms with van der Waals surface area (Å²) in [6.45, 7) is 0. The van der Waals surface area contributed by atoms with Crippen molar-refractivity contribution in [2.45, 2.75) is 0 Å². The van der Waals surface area contributed by atoms with E-state index in [9.17, 15) is 14.0 Å². The van der Waals surface area contributed by atoms with Gasteiger partial charge in [-0.15, -0.1) is 0 Å². The van der Waals surface area contributed by atoms with E-state index in [-0.39, 0.29) is 4.74 Å². The molecule has 0 saturated carbocycles. The summed E-state index contributed by atoms with van der Waals surface area (Å²) in [7, 11) is 0. The normalized spacial score (nSPS) is 11.5. The van der Waals surface area contributed by atoms with Crippen LogP contribution in [0, 0.1) is 16.8 Å². The van der Waals surface area contributed by atoms with Crippen LogP contribution in [0.2, 0.25) is 0 Å². The Kier molecular flexibility index (Phi) is 3.14. The Morgan fingerprint density at radius 3 is 2.06 bits per heavy atom. The van der Waals surface area contributed by atoms with Gasteiger partial charge < -0.3 is 5.21 Å². The van der Waals surface area contributed by atoms with Crippen LogP contribution in [0.15, 0.2) is 48.5 Å². The van der Waals surface area contributed by atoms with Gasteiger partial charge in [0.1, 0.15) is 0 Å². The van der Waals surface area contributed by atoms with Crippen molar-refractivity contribution >= 4 is 11.9 Å². The SMILES string of the molecule is [O-][N+](=Cc1ccccc1)c1c(F)cccc1F. The Balaban J connectivity index is 2.44. The first-order valence-electron chi connectivity index (χ1n) is 4.99. The molecule has 0 aliphatic heterocycles. The lowest BCUT2D eigenvalue weighted by atomic mass is 10.2. The zero-order valence-electron chi connectivity index (χ0n) is 8.81. The molecule has 0 spiro atoms. The van der Waals surface area contributed by atoms with Crippen LogP contribution >= 0.6 is 0 Å². The summed E-state index contributed by atoms with van der Waals surface area (Å²) >= 11 is 0. The first kappa shape index (κ1) is 11.3.